The van der Waals surface area contributed by atoms with Gasteiger partial charge in [-0.1, -0.05) is 19.9 Å². The number of cyclic esters (lactones) is 1. The number of esters is 1. The highest BCUT2D eigenvalue weighted by Gasteiger charge is 2.41. The highest BCUT2D eigenvalue weighted by molar-refractivity contribution is 8.14. The molecule has 11 heteroatoms. The number of thioether (sulfide) groups is 1. The summed E-state index contributed by atoms with van der Waals surface area (Å²) in [6.07, 6.45) is 4.76. The fourth-order valence-electron chi connectivity index (χ4n) is 3.15. The summed E-state index contributed by atoms with van der Waals surface area (Å²) in [5, 5.41) is 6.11. The Balaban J connectivity index is 1.92. The number of fused-ring (bicyclic) bond motifs is 4. The summed E-state index contributed by atoms with van der Waals surface area (Å²) in [5.41, 5.74) is -0.542. The first-order valence-corrected chi connectivity index (χ1v) is 12.1. The molecule has 1 aromatic rings. The molecule has 32 heavy (non-hydrogen) atoms. The lowest BCUT2D eigenvalue weighted by Gasteiger charge is -2.27. The predicted octanol–water partition coefficient (Wildman–Crippen LogP) is 1.88. The maximum Gasteiger partial charge on any atom is 0.329 e. The Labute approximate surface area is 196 Å². The number of nitrogens with zero attached hydrogens (tertiary/aromatic N) is 2. The van der Waals surface area contributed by atoms with E-state index in [1.807, 2.05) is 19.9 Å². The fourth-order valence-corrected chi connectivity index (χ4v) is 4.42. The van der Waals surface area contributed by atoms with Gasteiger partial charge in [0.25, 0.3) is 0 Å². The van der Waals surface area contributed by atoms with Gasteiger partial charge in [-0.05, 0) is 31.1 Å². The third-order valence-electron chi connectivity index (χ3n) is 5.04. The van der Waals surface area contributed by atoms with Crippen molar-refractivity contribution in [1.29, 1.82) is 0 Å². The first kappa shape index (κ1) is 24.4. The van der Waals surface area contributed by atoms with Gasteiger partial charge in [0.2, 0.25) is 17.7 Å². The van der Waals surface area contributed by atoms with Gasteiger partial charge in [-0.25, -0.2) is 9.78 Å². The molecule has 0 fully saturated rings. The number of carbonyl (C=O) groups excluding carboxylic acids is 3. The first-order valence-electron chi connectivity index (χ1n) is 10.4. The van der Waals surface area contributed by atoms with Crippen molar-refractivity contribution in [2.24, 2.45) is 10.9 Å². The fraction of sp³-hybridized carbons (Fsp3) is 0.571. The number of ether oxygens (including phenoxy) is 1. The monoisotopic (exact) mass is 480 g/mol. The largest absolute Gasteiger partial charge is 0.456 e. The normalized spacial score (nSPS) is 27.3. The molecule has 0 radical (unpaired) electrons. The van der Waals surface area contributed by atoms with Gasteiger partial charge < -0.3 is 19.8 Å². The average Bonchev–Trinajstić information content (AvgIpc) is 3.37. The minimum absolute atomic E-state index is 0.0680. The number of carbonyl (C=O) groups is 3. The Morgan fingerprint density at radius 1 is 1.38 bits per heavy atom. The van der Waals surface area contributed by atoms with E-state index in [4.69, 9.17) is 9.15 Å². The molecule has 2 amide bonds. The van der Waals surface area contributed by atoms with Gasteiger partial charge in [0, 0.05) is 5.75 Å². The second kappa shape index (κ2) is 10.6. The Hall–Kier alpha value is -2.27. The predicted molar refractivity (Wildman–Crippen MR) is 125 cm³/mol. The molecule has 2 N–H and O–H groups in total. The Morgan fingerprint density at radius 3 is 2.88 bits per heavy atom. The molecule has 0 saturated heterocycles. The molecule has 1 aromatic heterocycles. The van der Waals surface area contributed by atoms with Crippen LogP contribution in [0.4, 0.5) is 0 Å². The molecule has 4 bridgehead atoms. The Morgan fingerprint density at radius 2 is 2.16 bits per heavy atom. The summed E-state index contributed by atoms with van der Waals surface area (Å²) in [6.45, 7) is 5.45. The van der Waals surface area contributed by atoms with Gasteiger partial charge in [-0.15, -0.1) is 11.8 Å². The number of hydrogen-bond acceptors (Lipinski definition) is 9. The van der Waals surface area contributed by atoms with Crippen LogP contribution in [0.1, 0.15) is 45.2 Å². The van der Waals surface area contributed by atoms with E-state index in [1.54, 1.807) is 13.0 Å². The molecule has 0 aliphatic carbocycles. The molecule has 3 heterocycles. The van der Waals surface area contributed by atoms with Gasteiger partial charge in [-0.2, -0.15) is 12.6 Å². The summed E-state index contributed by atoms with van der Waals surface area (Å²) in [4.78, 5) is 47.4. The van der Waals surface area contributed by atoms with Crippen LogP contribution in [-0.4, -0.2) is 57.0 Å². The highest BCUT2D eigenvalue weighted by Crippen LogP contribution is 2.31. The zero-order chi connectivity index (χ0) is 23.3. The molecule has 3 atom stereocenters. The van der Waals surface area contributed by atoms with Gasteiger partial charge in [0.15, 0.2) is 0 Å². The van der Waals surface area contributed by atoms with Crippen molar-refractivity contribution in [3.8, 4) is 0 Å². The lowest BCUT2D eigenvalue weighted by molar-refractivity contribution is -0.153. The molecule has 0 spiro atoms. The zero-order valence-electron chi connectivity index (χ0n) is 18.3. The number of amides is 2. The van der Waals surface area contributed by atoms with Crippen LogP contribution in [0.5, 0.6) is 0 Å². The van der Waals surface area contributed by atoms with E-state index in [2.05, 4.69) is 33.2 Å². The molecule has 2 aliphatic heterocycles. The van der Waals surface area contributed by atoms with Crippen molar-refractivity contribution in [3.63, 3.8) is 0 Å². The Kier molecular flexibility index (Phi) is 8.05. The molecule has 9 nitrogen and oxygen atoms in total. The van der Waals surface area contributed by atoms with Gasteiger partial charge in [-0.3, -0.25) is 14.6 Å². The summed E-state index contributed by atoms with van der Waals surface area (Å²) < 4.78 is 11.1. The van der Waals surface area contributed by atoms with Crippen molar-refractivity contribution in [2.75, 3.05) is 11.5 Å². The number of aliphatic imine (C=N–C) groups is 1. The standard InChI is InChI=1S/C21H28N4O5S2/c1-12(2)17-19(27)30-13(6-4-5-7-31)8-15(26)22-9-16-23-14(10-29-16)18-25-21(3,11-32-18)20(28)24-17/h4,6,10,12-13,17,31H,5,7-9,11H2,1-3H3,(H,22,26)(H,24,28)/b6-4+/t13?,17?,21-/m0/s1. The van der Waals surface area contributed by atoms with Crippen LogP contribution in [0.3, 0.4) is 0 Å². The third kappa shape index (κ3) is 5.94. The molecule has 174 valence electrons. The van der Waals surface area contributed by atoms with Crippen LogP contribution < -0.4 is 10.6 Å². The van der Waals surface area contributed by atoms with Gasteiger partial charge >= 0.3 is 5.97 Å². The van der Waals surface area contributed by atoms with E-state index in [1.165, 1.54) is 18.0 Å². The van der Waals surface area contributed by atoms with E-state index >= 15 is 0 Å². The number of hydrogen-bond donors (Lipinski definition) is 3. The summed E-state index contributed by atoms with van der Waals surface area (Å²) >= 11 is 5.56. The molecular formula is C21H28N4O5S2. The maximum absolute atomic E-state index is 13.1. The first-order chi connectivity index (χ1) is 15.2. The van der Waals surface area contributed by atoms with Crippen molar-refractivity contribution < 1.29 is 23.5 Å². The molecular weight excluding hydrogens is 452 g/mol. The van der Waals surface area contributed by atoms with Crippen LogP contribution in [0.15, 0.2) is 27.8 Å². The van der Waals surface area contributed by atoms with Crippen LogP contribution in [-0.2, 0) is 25.7 Å². The van der Waals surface area contributed by atoms with Crippen LogP contribution >= 0.6 is 24.4 Å². The quantitative estimate of drug-likeness (QED) is 0.342. The highest BCUT2D eigenvalue weighted by atomic mass is 32.2. The number of allylic oxidation sites excluding steroid dienone is 1. The second-order valence-electron chi connectivity index (χ2n) is 8.20. The van der Waals surface area contributed by atoms with Crippen molar-refractivity contribution in [3.05, 3.63) is 30.0 Å². The minimum Gasteiger partial charge on any atom is -0.456 e. The van der Waals surface area contributed by atoms with Gasteiger partial charge in [0.1, 0.15) is 34.7 Å². The smallest absolute Gasteiger partial charge is 0.329 e. The van der Waals surface area contributed by atoms with E-state index in [0.29, 0.717) is 34.6 Å². The number of aromatic nitrogens is 1. The van der Waals surface area contributed by atoms with Crippen molar-refractivity contribution in [1.82, 2.24) is 15.6 Å². The van der Waals surface area contributed by atoms with Crippen molar-refractivity contribution >= 4 is 47.2 Å². The number of oxazole rings is 1. The van der Waals surface area contributed by atoms with Crippen molar-refractivity contribution in [2.45, 2.75) is 57.8 Å². The lowest BCUT2D eigenvalue weighted by atomic mass is 10.0. The minimum atomic E-state index is -1.05. The SMILES string of the molecule is CC(C)C1NC(=O)[C@]2(C)CSC(=N2)c2coc(n2)CNC(=O)CC(/C=C/CCS)OC1=O. The van der Waals surface area contributed by atoms with Crippen LogP contribution in [0, 0.1) is 5.92 Å². The van der Waals surface area contributed by atoms with E-state index in [-0.39, 0.29) is 30.7 Å². The van der Waals surface area contributed by atoms with E-state index in [0.717, 1.165) is 0 Å². The molecule has 2 unspecified atom stereocenters. The van der Waals surface area contributed by atoms with Crippen LogP contribution in [0.2, 0.25) is 0 Å². The summed E-state index contributed by atoms with van der Waals surface area (Å²) in [7, 11) is 0. The van der Waals surface area contributed by atoms with E-state index < -0.39 is 23.7 Å². The van der Waals surface area contributed by atoms with E-state index in [9.17, 15) is 14.4 Å². The zero-order valence-corrected chi connectivity index (χ0v) is 20.0. The number of rotatable bonds is 4. The molecule has 3 rings (SSSR count). The van der Waals surface area contributed by atoms with Crippen LogP contribution in [0.25, 0.3) is 0 Å². The van der Waals surface area contributed by atoms with Gasteiger partial charge in [0.05, 0.1) is 13.0 Å². The third-order valence-corrected chi connectivity index (χ3v) is 6.58. The number of thiol groups is 1. The number of nitrogens with one attached hydrogen (secondary N) is 2. The lowest BCUT2D eigenvalue weighted by Crippen LogP contribution is -2.53. The molecule has 0 aromatic carbocycles. The Bertz CT molecular complexity index is 929. The summed E-state index contributed by atoms with van der Waals surface area (Å²) in [6, 6.07) is -0.876. The average molecular weight is 481 g/mol. The maximum atomic E-state index is 13.1. The summed E-state index contributed by atoms with van der Waals surface area (Å²) in [5.74, 6) is -0.160. The molecule has 2 aliphatic rings. The topological polar surface area (TPSA) is 123 Å². The second-order valence-corrected chi connectivity index (χ2v) is 9.61. The molecule has 0 saturated carbocycles.